The molecule has 2 amide bonds. The molecule has 0 unspecified atom stereocenters. The van der Waals surface area contributed by atoms with Gasteiger partial charge >= 0.3 is 0 Å². The maximum Gasteiger partial charge on any atom is 0.255 e. The molecule has 0 aliphatic heterocycles. The number of hydrogen-bond acceptors (Lipinski definition) is 3. The van der Waals surface area contributed by atoms with Crippen LogP contribution in [0.3, 0.4) is 0 Å². The third-order valence-electron chi connectivity index (χ3n) is 5.26. The number of amides is 2. The first-order chi connectivity index (χ1) is 13.7. The van der Waals surface area contributed by atoms with Gasteiger partial charge in [0, 0.05) is 23.8 Å². The molecule has 0 spiro atoms. The second-order valence-electron chi connectivity index (χ2n) is 7.16. The van der Waals surface area contributed by atoms with Crippen LogP contribution in [0.4, 0.5) is 5.69 Å². The van der Waals surface area contributed by atoms with E-state index in [2.05, 4.69) is 20.2 Å². The summed E-state index contributed by atoms with van der Waals surface area (Å²) in [7, 11) is 0. The highest BCUT2D eigenvalue weighted by Gasteiger charge is 2.23. The molecule has 28 heavy (non-hydrogen) atoms. The Bertz CT molecular complexity index is 1000. The summed E-state index contributed by atoms with van der Waals surface area (Å²) < 4.78 is 2.13. The topological polar surface area (TPSA) is 76.0 Å². The van der Waals surface area contributed by atoms with Crippen LogP contribution < -0.4 is 10.6 Å². The van der Waals surface area contributed by atoms with Crippen molar-refractivity contribution in [2.75, 3.05) is 11.9 Å². The largest absolute Gasteiger partial charge is 0.352 e. The molecule has 1 heterocycles. The van der Waals surface area contributed by atoms with Gasteiger partial charge in [0.1, 0.15) is 0 Å². The van der Waals surface area contributed by atoms with Crippen molar-refractivity contribution in [3.05, 3.63) is 59.9 Å². The number of rotatable bonds is 5. The fourth-order valence-electron chi connectivity index (χ4n) is 3.92. The second-order valence-corrected chi connectivity index (χ2v) is 7.16. The Morgan fingerprint density at radius 3 is 2.57 bits per heavy atom. The van der Waals surface area contributed by atoms with Crippen molar-refractivity contribution in [1.29, 1.82) is 0 Å². The predicted octanol–water partition coefficient (Wildman–Crippen LogP) is 4.15. The van der Waals surface area contributed by atoms with Gasteiger partial charge in [-0.15, -0.1) is 0 Å². The standard InChI is InChI=1S/C22H24N4O2/c1-2-23-22(28)18-12-16(25-21(27)15-8-4-3-5-9-15)13-19-20(18)26(14-24-19)17-10-6-7-11-17/h3-5,8-9,12-14,17H,2,6-7,10-11H2,1H3,(H,23,28)(H,25,27). The van der Waals surface area contributed by atoms with Gasteiger partial charge in [-0.1, -0.05) is 31.0 Å². The van der Waals surface area contributed by atoms with Crippen LogP contribution in [-0.4, -0.2) is 27.9 Å². The van der Waals surface area contributed by atoms with Crippen molar-refractivity contribution in [2.24, 2.45) is 0 Å². The molecule has 0 saturated heterocycles. The highest BCUT2D eigenvalue weighted by molar-refractivity contribution is 6.09. The lowest BCUT2D eigenvalue weighted by molar-refractivity contribution is 0.0955. The van der Waals surface area contributed by atoms with Gasteiger partial charge in [0.15, 0.2) is 0 Å². The Kier molecular flexibility index (Phi) is 5.10. The first-order valence-electron chi connectivity index (χ1n) is 9.82. The molecule has 0 radical (unpaired) electrons. The Balaban J connectivity index is 1.74. The van der Waals surface area contributed by atoms with Gasteiger partial charge in [0.05, 0.1) is 22.9 Å². The lowest BCUT2D eigenvalue weighted by atomic mass is 10.1. The number of imidazole rings is 1. The molecule has 144 valence electrons. The minimum absolute atomic E-state index is 0.150. The maximum atomic E-state index is 12.8. The lowest BCUT2D eigenvalue weighted by Crippen LogP contribution is -2.24. The Hall–Kier alpha value is -3.15. The first kappa shape index (κ1) is 18.2. The molecule has 0 bridgehead atoms. The van der Waals surface area contributed by atoms with Gasteiger partial charge in [-0.05, 0) is 44.0 Å². The number of fused-ring (bicyclic) bond motifs is 1. The lowest BCUT2D eigenvalue weighted by Gasteiger charge is -2.16. The van der Waals surface area contributed by atoms with Crippen molar-refractivity contribution in [2.45, 2.75) is 38.6 Å². The van der Waals surface area contributed by atoms with Gasteiger partial charge in [-0.2, -0.15) is 0 Å². The minimum Gasteiger partial charge on any atom is -0.352 e. The van der Waals surface area contributed by atoms with E-state index in [9.17, 15) is 9.59 Å². The van der Waals surface area contributed by atoms with E-state index in [-0.39, 0.29) is 11.8 Å². The van der Waals surface area contributed by atoms with Crippen molar-refractivity contribution >= 4 is 28.5 Å². The molecule has 0 atom stereocenters. The molecule has 2 aromatic carbocycles. The van der Waals surface area contributed by atoms with E-state index in [1.165, 1.54) is 12.8 Å². The van der Waals surface area contributed by atoms with Crippen LogP contribution in [-0.2, 0) is 0 Å². The van der Waals surface area contributed by atoms with Gasteiger partial charge in [-0.25, -0.2) is 4.98 Å². The van der Waals surface area contributed by atoms with Gasteiger partial charge < -0.3 is 15.2 Å². The number of anilines is 1. The van der Waals surface area contributed by atoms with Gasteiger partial charge in [0.25, 0.3) is 11.8 Å². The summed E-state index contributed by atoms with van der Waals surface area (Å²) >= 11 is 0. The Morgan fingerprint density at radius 1 is 1.11 bits per heavy atom. The van der Waals surface area contributed by atoms with Crippen LogP contribution in [0.25, 0.3) is 11.0 Å². The number of benzene rings is 2. The van der Waals surface area contributed by atoms with E-state index in [1.54, 1.807) is 18.2 Å². The zero-order valence-electron chi connectivity index (χ0n) is 15.9. The van der Waals surface area contributed by atoms with Crippen LogP contribution >= 0.6 is 0 Å². The summed E-state index contributed by atoms with van der Waals surface area (Å²) in [5.41, 5.74) is 3.25. The fraction of sp³-hybridized carbons (Fsp3) is 0.318. The second kappa shape index (κ2) is 7.84. The highest BCUT2D eigenvalue weighted by atomic mass is 16.2. The van der Waals surface area contributed by atoms with Crippen LogP contribution in [0.2, 0.25) is 0 Å². The highest BCUT2D eigenvalue weighted by Crippen LogP contribution is 2.34. The number of aromatic nitrogens is 2. The molecule has 3 aromatic rings. The first-order valence-corrected chi connectivity index (χ1v) is 9.82. The van der Waals surface area contributed by atoms with Crippen molar-refractivity contribution in [3.8, 4) is 0 Å². The summed E-state index contributed by atoms with van der Waals surface area (Å²) in [6.45, 7) is 2.43. The van der Waals surface area contributed by atoms with E-state index in [1.807, 2.05) is 37.5 Å². The SMILES string of the molecule is CCNC(=O)c1cc(NC(=O)c2ccccc2)cc2ncn(C3CCCC3)c12. The van der Waals surface area contributed by atoms with Crippen LogP contribution in [0.1, 0.15) is 59.4 Å². The van der Waals surface area contributed by atoms with E-state index in [4.69, 9.17) is 0 Å². The molecule has 2 N–H and O–H groups in total. The van der Waals surface area contributed by atoms with E-state index in [0.717, 1.165) is 23.9 Å². The molecule has 4 rings (SSSR count). The molecular formula is C22H24N4O2. The molecule has 6 heteroatoms. The average Bonchev–Trinajstić information content (AvgIpc) is 3.37. The van der Waals surface area contributed by atoms with Crippen LogP contribution in [0.15, 0.2) is 48.8 Å². The minimum atomic E-state index is -0.211. The van der Waals surface area contributed by atoms with Crippen molar-refractivity contribution in [1.82, 2.24) is 14.9 Å². The Morgan fingerprint density at radius 2 is 1.86 bits per heavy atom. The smallest absolute Gasteiger partial charge is 0.255 e. The van der Waals surface area contributed by atoms with Crippen molar-refractivity contribution < 1.29 is 9.59 Å². The quantitative estimate of drug-likeness (QED) is 0.702. The van der Waals surface area contributed by atoms with E-state index < -0.39 is 0 Å². The number of carbonyl (C=O) groups excluding carboxylic acids is 2. The summed E-state index contributed by atoms with van der Waals surface area (Å²) in [5, 5.41) is 5.78. The average molecular weight is 376 g/mol. The van der Waals surface area contributed by atoms with Crippen molar-refractivity contribution in [3.63, 3.8) is 0 Å². The molecule has 1 fully saturated rings. The summed E-state index contributed by atoms with van der Waals surface area (Å²) in [6.07, 6.45) is 6.43. The van der Waals surface area contributed by atoms with E-state index >= 15 is 0 Å². The number of hydrogen-bond donors (Lipinski definition) is 2. The summed E-state index contributed by atoms with van der Waals surface area (Å²) in [6, 6.07) is 13.0. The molecule has 1 aliphatic rings. The van der Waals surface area contributed by atoms with Crippen LogP contribution in [0, 0.1) is 0 Å². The fourth-order valence-corrected chi connectivity index (χ4v) is 3.92. The summed E-state index contributed by atoms with van der Waals surface area (Å²) in [5.74, 6) is -0.361. The Labute approximate surface area is 164 Å². The number of nitrogens with one attached hydrogen (secondary N) is 2. The van der Waals surface area contributed by atoms with Gasteiger partial charge in [0.2, 0.25) is 0 Å². The zero-order chi connectivity index (χ0) is 19.5. The normalized spacial score (nSPS) is 14.3. The monoisotopic (exact) mass is 376 g/mol. The molecule has 1 saturated carbocycles. The van der Waals surface area contributed by atoms with Gasteiger partial charge in [-0.3, -0.25) is 9.59 Å². The maximum absolute atomic E-state index is 12.8. The van der Waals surface area contributed by atoms with E-state index in [0.29, 0.717) is 29.4 Å². The number of nitrogens with zero attached hydrogens (tertiary/aromatic N) is 2. The molecule has 1 aromatic heterocycles. The van der Waals surface area contributed by atoms with Crippen LogP contribution in [0.5, 0.6) is 0 Å². The summed E-state index contributed by atoms with van der Waals surface area (Å²) in [4.78, 5) is 29.8. The number of carbonyl (C=O) groups is 2. The third kappa shape index (κ3) is 3.50. The molecule has 6 nitrogen and oxygen atoms in total. The predicted molar refractivity (Wildman–Crippen MR) is 110 cm³/mol. The molecular weight excluding hydrogens is 352 g/mol. The third-order valence-corrected chi connectivity index (χ3v) is 5.26. The molecule has 1 aliphatic carbocycles. The zero-order valence-corrected chi connectivity index (χ0v) is 15.9.